The quantitative estimate of drug-likeness (QED) is 0.726. The van der Waals surface area contributed by atoms with E-state index < -0.39 is 0 Å². The predicted octanol–water partition coefficient (Wildman–Crippen LogP) is 2.65. The molecular formula is C18H25NO3. The first-order chi connectivity index (χ1) is 10.5. The summed E-state index contributed by atoms with van der Waals surface area (Å²) in [6, 6.07) is 8.58. The Bertz CT molecular complexity index is 542. The minimum absolute atomic E-state index is 0.162. The number of ether oxygens (including phenoxy) is 2. The number of methoxy groups -OCH3 is 1. The topological polar surface area (TPSA) is 38.8 Å². The zero-order valence-corrected chi connectivity index (χ0v) is 13.7. The van der Waals surface area contributed by atoms with Crippen molar-refractivity contribution in [2.75, 3.05) is 26.8 Å². The van der Waals surface area contributed by atoms with Gasteiger partial charge in [-0.3, -0.25) is 9.69 Å². The normalized spacial score (nSPS) is 28.7. The van der Waals surface area contributed by atoms with E-state index in [2.05, 4.69) is 18.7 Å². The van der Waals surface area contributed by atoms with Gasteiger partial charge in [0.15, 0.2) is 0 Å². The number of nitrogens with zero attached hydrogens (tertiary/aromatic N) is 1. The monoisotopic (exact) mass is 303 g/mol. The van der Waals surface area contributed by atoms with Gasteiger partial charge in [0, 0.05) is 12.6 Å². The van der Waals surface area contributed by atoms with Crippen molar-refractivity contribution in [3.05, 3.63) is 29.8 Å². The fourth-order valence-electron chi connectivity index (χ4n) is 3.63. The van der Waals surface area contributed by atoms with Crippen molar-refractivity contribution in [2.24, 2.45) is 11.3 Å². The van der Waals surface area contributed by atoms with Crippen LogP contribution in [0.5, 0.6) is 5.75 Å². The highest BCUT2D eigenvalue weighted by Gasteiger charge is 2.65. The molecule has 0 aliphatic heterocycles. The summed E-state index contributed by atoms with van der Waals surface area (Å²) < 4.78 is 10.6. The molecular weight excluding hydrogens is 278 g/mol. The highest BCUT2D eigenvalue weighted by atomic mass is 16.5. The maximum Gasteiger partial charge on any atom is 0.319 e. The molecule has 0 radical (unpaired) electrons. The van der Waals surface area contributed by atoms with Crippen LogP contribution in [0.4, 0.5) is 0 Å². The van der Waals surface area contributed by atoms with Gasteiger partial charge < -0.3 is 9.47 Å². The molecule has 3 rings (SSSR count). The van der Waals surface area contributed by atoms with Crippen LogP contribution in [-0.2, 0) is 9.53 Å². The molecule has 3 unspecified atom stereocenters. The molecule has 0 saturated heterocycles. The summed E-state index contributed by atoms with van der Waals surface area (Å²) in [6.45, 7) is 6.13. The highest BCUT2D eigenvalue weighted by Crippen LogP contribution is 2.68. The van der Waals surface area contributed by atoms with Crippen LogP contribution in [0.15, 0.2) is 24.3 Å². The molecule has 0 aromatic heterocycles. The van der Waals surface area contributed by atoms with Crippen molar-refractivity contribution in [1.29, 1.82) is 0 Å². The van der Waals surface area contributed by atoms with E-state index in [1.165, 1.54) is 25.5 Å². The van der Waals surface area contributed by atoms with Crippen molar-refractivity contribution in [2.45, 2.75) is 32.7 Å². The van der Waals surface area contributed by atoms with Crippen LogP contribution in [0.2, 0.25) is 0 Å². The van der Waals surface area contributed by atoms with Crippen molar-refractivity contribution >= 4 is 5.97 Å². The van der Waals surface area contributed by atoms with Gasteiger partial charge in [0.2, 0.25) is 0 Å². The molecule has 1 aromatic rings. The Labute approximate surface area is 132 Å². The third-order valence-electron chi connectivity index (χ3n) is 5.26. The van der Waals surface area contributed by atoms with Gasteiger partial charge in [0.05, 0.1) is 13.7 Å². The van der Waals surface area contributed by atoms with Gasteiger partial charge in [-0.25, -0.2) is 0 Å². The van der Waals surface area contributed by atoms with E-state index in [-0.39, 0.29) is 5.97 Å². The summed E-state index contributed by atoms with van der Waals surface area (Å²) in [5, 5.41) is 0. The fourth-order valence-corrected chi connectivity index (χ4v) is 3.63. The van der Waals surface area contributed by atoms with Gasteiger partial charge in [0.25, 0.3) is 0 Å². The SMILES string of the molecule is COC(=O)CN(CCOc1ccc(C)cc1)C1CC2(C)CC12. The van der Waals surface area contributed by atoms with E-state index in [1.807, 2.05) is 24.3 Å². The van der Waals surface area contributed by atoms with E-state index >= 15 is 0 Å². The van der Waals surface area contributed by atoms with E-state index in [0.29, 0.717) is 24.6 Å². The number of hydrogen-bond acceptors (Lipinski definition) is 4. The van der Waals surface area contributed by atoms with Crippen molar-refractivity contribution in [3.63, 3.8) is 0 Å². The molecule has 0 N–H and O–H groups in total. The zero-order valence-electron chi connectivity index (χ0n) is 13.7. The van der Waals surface area contributed by atoms with Crippen LogP contribution >= 0.6 is 0 Å². The summed E-state index contributed by atoms with van der Waals surface area (Å²) in [6.07, 6.45) is 2.49. The number of esters is 1. The molecule has 0 heterocycles. The summed E-state index contributed by atoms with van der Waals surface area (Å²) >= 11 is 0. The molecule has 4 nitrogen and oxygen atoms in total. The van der Waals surface area contributed by atoms with Crippen LogP contribution in [0.3, 0.4) is 0 Å². The lowest BCUT2D eigenvalue weighted by atomic mass is 9.80. The third kappa shape index (κ3) is 3.12. The third-order valence-corrected chi connectivity index (χ3v) is 5.26. The Morgan fingerprint density at radius 1 is 1.32 bits per heavy atom. The molecule has 4 heteroatoms. The number of hydrogen-bond donors (Lipinski definition) is 0. The minimum Gasteiger partial charge on any atom is -0.492 e. The lowest BCUT2D eigenvalue weighted by Crippen LogP contribution is -2.49. The fraction of sp³-hybridized carbons (Fsp3) is 0.611. The maximum atomic E-state index is 11.6. The molecule has 120 valence electrons. The van der Waals surface area contributed by atoms with E-state index in [1.54, 1.807) is 0 Å². The van der Waals surface area contributed by atoms with E-state index in [4.69, 9.17) is 9.47 Å². The van der Waals surface area contributed by atoms with Crippen LogP contribution in [-0.4, -0.2) is 43.7 Å². The number of carbonyl (C=O) groups excluding carboxylic acids is 1. The largest absolute Gasteiger partial charge is 0.492 e. The molecule has 0 amide bonds. The molecule has 0 spiro atoms. The smallest absolute Gasteiger partial charge is 0.319 e. The summed E-state index contributed by atoms with van der Waals surface area (Å²) in [5.74, 6) is 1.48. The van der Waals surface area contributed by atoms with Gasteiger partial charge in [-0.1, -0.05) is 24.6 Å². The van der Waals surface area contributed by atoms with Gasteiger partial charge in [0.1, 0.15) is 12.4 Å². The van der Waals surface area contributed by atoms with Crippen LogP contribution in [0.1, 0.15) is 25.3 Å². The molecule has 1 aromatic carbocycles. The summed E-state index contributed by atoms with van der Waals surface area (Å²) in [7, 11) is 1.45. The average molecular weight is 303 g/mol. The second-order valence-electron chi connectivity index (χ2n) is 6.94. The van der Waals surface area contributed by atoms with Crippen LogP contribution in [0, 0.1) is 18.3 Å². The van der Waals surface area contributed by atoms with Crippen LogP contribution < -0.4 is 4.74 Å². The van der Waals surface area contributed by atoms with E-state index in [0.717, 1.165) is 18.2 Å². The van der Waals surface area contributed by atoms with Crippen molar-refractivity contribution in [3.8, 4) is 5.75 Å². The Morgan fingerprint density at radius 3 is 2.59 bits per heavy atom. The predicted molar refractivity (Wildman–Crippen MR) is 84.9 cm³/mol. The van der Waals surface area contributed by atoms with Crippen molar-refractivity contribution < 1.29 is 14.3 Å². The first-order valence-corrected chi connectivity index (χ1v) is 8.02. The van der Waals surface area contributed by atoms with Crippen LogP contribution in [0.25, 0.3) is 0 Å². The van der Waals surface area contributed by atoms with Gasteiger partial charge >= 0.3 is 5.97 Å². The molecule has 22 heavy (non-hydrogen) atoms. The first-order valence-electron chi connectivity index (χ1n) is 8.02. The van der Waals surface area contributed by atoms with Gasteiger partial charge in [-0.2, -0.15) is 0 Å². The van der Waals surface area contributed by atoms with Crippen molar-refractivity contribution in [1.82, 2.24) is 4.90 Å². The lowest BCUT2D eigenvalue weighted by molar-refractivity contribution is -0.143. The van der Waals surface area contributed by atoms with Gasteiger partial charge in [-0.05, 0) is 43.2 Å². The van der Waals surface area contributed by atoms with Gasteiger partial charge in [-0.15, -0.1) is 0 Å². The average Bonchev–Trinajstić information content (AvgIpc) is 3.03. The Morgan fingerprint density at radius 2 is 2.05 bits per heavy atom. The number of rotatable bonds is 7. The summed E-state index contributed by atoms with van der Waals surface area (Å²) in [4.78, 5) is 13.9. The Balaban J connectivity index is 1.51. The standard InChI is InChI=1S/C18H25NO3/c1-13-4-6-14(7-5-13)22-9-8-19(12-17(20)21-3)16-11-18(2)10-15(16)18/h4-7,15-16H,8-12H2,1-3H3. The Kier molecular flexibility index (Phi) is 4.13. The molecule has 2 aliphatic carbocycles. The first kappa shape index (κ1) is 15.3. The molecule has 0 bridgehead atoms. The highest BCUT2D eigenvalue weighted by molar-refractivity contribution is 5.71. The second-order valence-corrected chi connectivity index (χ2v) is 6.94. The lowest BCUT2D eigenvalue weighted by Gasteiger charge is -2.40. The number of benzene rings is 1. The Hall–Kier alpha value is -1.55. The number of fused-ring (bicyclic) bond motifs is 1. The summed E-state index contributed by atoms with van der Waals surface area (Å²) in [5.41, 5.74) is 1.78. The molecule has 2 fully saturated rings. The minimum atomic E-state index is -0.162. The zero-order chi connectivity index (χ0) is 15.7. The number of aryl methyl sites for hydroxylation is 1. The molecule has 3 atom stereocenters. The molecule has 2 aliphatic rings. The number of carbonyl (C=O) groups is 1. The van der Waals surface area contributed by atoms with E-state index in [9.17, 15) is 4.79 Å². The maximum absolute atomic E-state index is 11.6. The molecule has 2 saturated carbocycles. The second kappa shape index (κ2) is 5.92.